The van der Waals surface area contributed by atoms with Gasteiger partial charge in [-0.15, -0.1) is 11.3 Å². The van der Waals surface area contributed by atoms with Gasteiger partial charge in [-0.1, -0.05) is 6.07 Å². The fourth-order valence-electron chi connectivity index (χ4n) is 3.73. The SMILES string of the molecule is Cc1nc2ccc(NC(=O)C3CCN(S(=O)(=O)c4cccc(S(C)(=O)=O)c4)CC3)cc2s1. The summed E-state index contributed by atoms with van der Waals surface area (Å²) < 4.78 is 51.8. The Hall–Kier alpha value is -2.34. The largest absolute Gasteiger partial charge is 0.326 e. The lowest BCUT2D eigenvalue weighted by molar-refractivity contribution is -0.120. The molecular weight excluding hydrogens is 470 g/mol. The van der Waals surface area contributed by atoms with E-state index >= 15 is 0 Å². The summed E-state index contributed by atoms with van der Waals surface area (Å²) in [5, 5.41) is 3.89. The minimum Gasteiger partial charge on any atom is -0.326 e. The van der Waals surface area contributed by atoms with E-state index in [0.29, 0.717) is 18.5 Å². The summed E-state index contributed by atoms with van der Waals surface area (Å²) in [4.78, 5) is 17.0. The van der Waals surface area contributed by atoms with Crippen molar-refractivity contribution >= 4 is 53.0 Å². The Morgan fingerprint density at radius 3 is 2.44 bits per heavy atom. The molecular formula is C21H23N3O5S3. The van der Waals surface area contributed by atoms with E-state index in [4.69, 9.17) is 0 Å². The van der Waals surface area contributed by atoms with Gasteiger partial charge in [0.05, 0.1) is 25.0 Å². The third kappa shape index (κ3) is 4.70. The molecule has 11 heteroatoms. The van der Waals surface area contributed by atoms with Gasteiger partial charge in [0.25, 0.3) is 0 Å². The van der Waals surface area contributed by atoms with E-state index in [2.05, 4.69) is 10.3 Å². The lowest BCUT2D eigenvalue weighted by Crippen LogP contribution is -2.41. The van der Waals surface area contributed by atoms with E-state index in [9.17, 15) is 21.6 Å². The van der Waals surface area contributed by atoms with Gasteiger partial charge in [0.15, 0.2) is 9.84 Å². The summed E-state index contributed by atoms with van der Waals surface area (Å²) in [7, 11) is -7.36. The van der Waals surface area contributed by atoms with Crippen LogP contribution in [-0.2, 0) is 24.7 Å². The van der Waals surface area contributed by atoms with Crippen LogP contribution in [0.15, 0.2) is 52.3 Å². The highest BCUT2D eigenvalue weighted by Crippen LogP contribution is 2.28. The predicted molar refractivity (Wildman–Crippen MR) is 124 cm³/mol. The average molecular weight is 494 g/mol. The molecule has 1 aromatic heterocycles. The van der Waals surface area contributed by atoms with Crippen LogP contribution in [0.3, 0.4) is 0 Å². The van der Waals surface area contributed by atoms with Gasteiger partial charge in [-0.05, 0) is 56.2 Å². The van der Waals surface area contributed by atoms with Gasteiger partial charge >= 0.3 is 0 Å². The molecule has 0 unspecified atom stereocenters. The maximum absolute atomic E-state index is 13.0. The molecule has 1 fully saturated rings. The topological polar surface area (TPSA) is 114 Å². The van der Waals surface area contributed by atoms with Crippen LogP contribution in [0.2, 0.25) is 0 Å². The Labute approximate surface area is 191 Å². The van der Waals surface area contributed by atoms with Crippen molar-refractivity contribution in [3.8, 4) is 0 Å². The molecule has 1 amide bonds. The van der Waals surface area contributed by atoms with Crippen LogP contribution in [0.25, 0.3) is 10.2 Å². The van der Waals surface area contributed by atoms with Gasteiger partial charge in [-0.25, -0.2) is 21.8 Å². The number of benzene rings is 2. The zero-order valence-corrected chi connectivity index (χ0v) is 20.1. The number of fused-ring (bicyclic) bond motifs is 1. The fourth-order valence-corrected chi connectivity index (χ4v) is 6.86. The first-order valence-electron chi connectivity index (χ1n) is 10.0. The molecule has 4 rings (SSSR count). The number of hydrogen-bond acceptors (Lipinski definition) is 7. The molecule has 0 aliphatic carbocycles. The molecule has 2 aromatic carbocycles. The first-order chi connectivity index (χ1) is 15.0. The molecule has 0 radical (unpaired) electrons. The highest BCUT2D eigenvalue weighted by atomic mass is 32.2. The molecule has 0 spiro atoms. The third-order valence-electron chi connectivity index (χ3n) is 5.46. The molecule has 3 aromatic rings. The molecule has 1 N–H and O–H groups in total. The highest BCUT2D eigenvalue weighted by Gasteiger charge is 2.32. The van der Waals surface area contributed by atoms with E-state index in [-0.39, 0.29) is 34.7 Å². The minimum atomic E-state index is -3.84. The van der Waals surface area contributed by atoms with E-state index in [0.717, 1.165) is 21.5 Å². The van der Waals surface area contributed by atoms with Gasteiger partial charge in [0.2, 0.25) is 15.9 Å². The number of carbonyl (C=O) groups excluding carboxylic acids is 1. The molecule has 32 heavy (non-hydrogen) atoms. The molecule has 1 aliphatic heterocycles. The normalized spacial score (nSPS) is 16.3. The Balaban J connectivity index is 1.42. The van der Waals surface area contributed by atoms with Crippen LogP contribution in [0.5, 0.6) is 0 Å². The number of sulfonamides is 1. The third-order valence-corrected chi connectivity index (χ3v) is 9.40. The zero-order valence-electron chi connectivity index (χ0n) is 17.6. The van der Waals surface area contributed by atoms with Crippen LogP contribution in [0.1, 0.15) is 17.8 Å². The van der Waals surface area contributed by atoms with Crippen LogP contribution in [0.4, 0.5) is 5.69 Å². The molecule has 170 valence electrons. The number of rotatable bonds is 5. The van der Waals surface area contributed by atoms with E-state index < -0.39 is 19.9 Å². The van der Waals surface area contributed by atoms with Crippen molar-refractivity contribution in [1.82, 2.24) is 9.29 Å². The number of nitrogens with one attached hydrogen (secondary N) is 1. The number of hydrogen-bond donors (Lipinski definition) is 1. The minimum absolute atomic E-state index is 0.0408. The first kappa shape index (κ1) is 22.8. The molecule has 1 aliphatic rings. The second kappa shape index (κ2) is 8.54. The van der Waals surface area contributed by atoms with E-state index in [1.165, 1.54) is 28.6 Å². The van der Waals surface area contributed by atoms with Crippen molar-refractivity contribution in [3.63, 3.8) is 0 Å². The van der Waals surface area contributed by atoms with Crippen molar-refractivity contribution in [3.05, 3.63) is 47.5 Å². The van der Waals surface area contributed by atoms with Crippen LogP contribution in [0, 0.1) is 12.8 Å². The van der Waals surface area contributed by atoms with Crippen molar-refractivity contribution in [2.45, 2.75) is 29.6 Å². The number of sulfone groups is 1. The number of aromatic nitrogens is 1. The molecule has 8 nitrogen and oxygen atoms in total. The zero-order chi connectivity index (χ0) is 23.1. The van der Waals surface area contributed by atoms with Crippen molar-refractivity contribution < 1.29 is 21.6 Å². The molecule has 0 bridgehead atoms. The van der Waals surface area contributed by atoms with Crippen LogP contribution in [-0.4, -0.2) is 51.4 Å². The Morgan fingerprint density at radius 1 is 1.06 bits per heavy atom. The summed E-state index contributed by atoms with van der Waals surface area (Å²) in [6.07, 6.45) is 1.81. The van der Waals surface area contributed by atoms with E-state index in [1.807, 2.05) is 25.1 Å². The lowest BCUT2D eigenvalue weighted by Gasteiger charge is -2.30. The van der Waals surface area contributed by atoms with Gasteiger partial charge < -0.3 is 5.32 Å². The second-order valence-electron chi connectivity index (χ2n) is 7.83. The lowest BCUT2D eigenvalue weighted by atomic mass is 9.97. The number of amides is 1. The summed E-state index contributed by atoms with van der Waals surface area (Å²) in [5.74, 6) is -0.440. The number of nitrogens with zero attached hydrogens (tertiary/aromatic N) is 2. The van der Waals surface area contributed by atoms with Gasteiger partial charge in [-0.2, -0.15) is 4.31 Å². The van der Waals surface area contributed by atoms with Crippen molar-refractivity contribution in [2.75, 3.05) is 24.7 Å². The van der Waals surface area contributed by atoms with Gasteiger partial charge in [0.1, 0.15) is 0 Å². The second-order valence-corrected chi connectivity index (χ2v) is 13.0. The molecule has 2 heterocycles. The summed E-state index contributed by atoms with van der Waals surface area (Å²) in [6.45, 7) is 2.31. The predicted octanol–water partition coefficient (Wildman–Crippen LogP) is 3.05. The van der Waals surface area contributed by atoms with Crippen molar-refractivity contribution in [2.24, 2.45) is 5.92 Å². The van der Waals surface area contributed by atoms with Crippen LogP contribution < -0.4 is 5.32 Å². The Bertz CT molecular complexity index is 1390. The standard InChI is InChI=1S/C21H23N3O5S3/c1-14-22-19-7-6-16(12-20(19)30-14)23-21(25)15-8-10-24(11-9-15)32(28,29)18-5-3-4-17(13-18)31(2,26)27/h3-7,12-13,15H,8-11H2,1-2H3,(H,23,25). The average Bonchev–Trinajstić information content (AvgIpc) is 3.12. The monoisotopic (exact) mass is 493 g/mol. The number of piperidine rings is 1. The number of carbonyl (C=O) groups is 1. The number of anilines is 1. The number of thiazole rings is 1. The van der Waals surface area contributed by atoms with Gasteiger partial charge in [-0.3, -0.25) is 4.79 Å². The molecule has 1 saturated heterocycles. The summed E-state index contributed by atoms with van der Waals surface area (Å²) >= 11 is 1.56. The summed E-state index contributed by atoms with van der Waals surface area (Å²) in [6, 6.07) is 10.9. The van der Waals surface area contributed by atoms with Gasteiger partial charge in [0, 0.05) is 31.0 Å². The quantitative estimate of drug-likeness (QED) is 0.584. The fraction of sp³-hybridized carbons (Fsp3) is 0.333. The van der Waals surface area contributed by atoms with Crippen LogP contribution >= 0.6 is 11.3 Å². The maximum atomic E-state index is 13.0. The van der Waals surface area contributed by atoms with Crippen molar-refractivity contribution in [1.29, 1.82) is 0 Å². The molecule has 0 saturated carbocycles. The smallest absolute Gasteiger partial charge is 0.243 e. The molecule has 0 atom stereocenters. The Morgan fingerprint density at radius 2 is 1.75 bits per heavy atom. The summed E-state index contributed by atoms with van der Waals surface area (Å²) in [5.41, 5.74) is 1.59. The van der Waals surface area contributed by atoms with E-state index in [1.54, 1.807) is 11.3 Å². The highest BCUT2D eigenvalue weighted by molar-refractivity contribution is 7.91. The maximum Gasteiger partial charge on any atom is 0.243 e. The first-order valence-corrected chi connectivity index (χ1v) is 14.2. The Kier molecular flexibility index (Phi) is 6.10. The number of aryl methyl sites for hydroxylation is 1.